The van der Waals surface area contributed by atoms with E-state index in [0.717, 1.165) is 42.7 Å². The van der Waals surface area contributed by atoms with Crippen LogP contribution in [0.25, 0.3) is 0 Å². The van der Waals surface area contributed by atoms with Crippen LogP contribution in [0.5, 0.6) is 0 Å². The molecule has 4 rings (SSSR count). The van der Waals surface area contributed by atoms with E-state index >= 15 is 0 Å². The smallest absolute Gasteiger partial charge is 0.338 e. The van der Waals surface area contributed by atoms with Crippen molar-refractivity contribution < 1.29 is 18.7 Å². The van der Waals surface area contributed by atoms with Crippen molar-refractivity contribution in [2.24, 2.45) is 0 Å². The maximum Gasteiger partial charge on any atom is 0.338 e. The number of nitrogens with one attached hydrogen (secondary N) is 1. The number of halogens is 1. The SMILES string of the molecule is Cc1cc(C(=O)OC2CCNCC2)ccc1N1C(=O)CSC1c1ccc(F)cc1. The Kier molecular flexibility index (Phi) is 5.87. The molecule has 1 amide bonds. The molecule has 0 aliphatic carbocycles. The minimum atomic E-state index is -0.330. The van der Waals surface area contributed by atoms with Crippen LogP contribution in [0, 0.1) is 12.7 Å². The highest BCUT2D eigenvalue weighted by atomic mass is 32.2. The van der Waals surface area contributed by atoms with E-state index in [2.05, 4.69) is 5.32 Å². The number of piperidine rings is 1. The average Bonchev–Trinajstić information content (AvgIpc) is 3.10. The molecule has 0 bridgehead atoms. The minimum Gasteiger partial charge on any atom is -0.459 e. The molecule has 2 aliphatic rings. The summed E-state index contributed by atoms with van der Waals surface area (Å²) >= 11 is 1.51. The van der Waals surface area contributed by atoms with Gasteiger partial charge in [-0.2, -0.15) is 0 Å². The Labute approximate surface area is 173 Å². The zero-order valence-electron chi connectivity index (χ0n) is 16.2. The lowest BCUT2D eigenvalue weighted by Gasteiger charge is -2.26. The van der Waals surface area contributed by atoms with Crippen LogP contribution >= 0.6 is 11.8 Å². The molecule has 1 N–H and O–H groups in total. The van der Waals surface area contributed by atoms with Crippen LogP contribution in [0.2, 0.25) is 0 Å². The van der Waals surface area contributed by atoms with E-state index in [9.17, 15) is 14.0 Å². The zero-order chi connectivity index (χ0) is 20.4. The van der Waals surface area contributed by atoms with E-state index in [0.29, 0.717) is 11.3 Å². The van der Waals surface area contributed by atoms with E-state index in [1.54, 1.807) is 35.2 Å². The number of hydrogen-bond acceptors (Lipinski definition) is 5. The maximum atomic E-state index is 13.3. The second kappa shape index (κ2) is 8.55. The summed E-state index contributed by atoms with van der Waals surface area (Å²) in [6.07, 6.45) is 1.59. The van der Waals surface area contributed by atoms with Gasteiger partial charge in [0.05, 0.1) is 11.3 Å². The number of aryl methyl sites for hydroxylation is 1. The van der Waals surface area contributed by atoms with E-state index < -0.39 is 0 Å². The first-order chi connectivity index (χ1) is 14.0. The Morgan fingerprint density at radius 2 is 1.90 bits per heavy atom. The molecule has 152 valence electrons. The van der Waals surface area contributed by atoms with Crippen LogP contribution in [0.3, 0.4) is 0 Å². The largest absolute Gasteiger partial charge is 0.459 e. The molecule has 2 heterocycles. The van der Waals surface area contributed by atoms with Crippen molar-refractivity contribution in [2.75, 3.05) is 23.7 Å². The Bertz CT molecular complexity index is 913. The van der Waals surface area contributed by atoms with Gasteiger partial charge in [-0.05, 0) is 74.3 Å². The number of anilines is 1. The fourth-order valence-electron chi connectivity index (χ4n) is 3.74. The molecule has 1 atom stereocenters. The van der Waals surface area contributed by atoms with Gasteiger partial charge in [-0.3, -0.25) is 9.69 Å². The molecule has 7 heteroatoms. The fraction of sp³-hybridized carbons (Fsp3) is 0.364. The zero-order valence-corrected chi connectivity index (χ0v) is 17.0. The summed E-state index contributed by atoms with van der Waals surface area (Å²) in [4.78, 5) is 26.8. The van der Waals surface area contributed by atoms with E-state index in [-0.39, 0.29) is 29.2 Å². The second-order valence-corrected chi connectivity index (χ2v) is 8.40. The molecular weight excluding hydrogens is 391 g/mol. The first kappa shape index (κ1) is 19.9. The molecule has 2 fully saturated rings. The first-order valence-corrected chi connectivity index (χ1v) is 10.8. The number of benzene rings is 2. The van der Waals surface area contributed by atoms with Crippen LogP contribution in [-0.4, -0.2) is 36.8 Å². The van der Waals surface area contributed by atoms with Crippen molar-refractivity contribution in [2.45, 2.75) is 31.2 Å². The normalized spacial score (nSPS) is 20.1. The van der Waals surface area contributed by atoms with Crippen molar-refractivity contribution in [3.63, 3.8) is 0 Å². The topological polar surface area (TPSA) is 58.6 Å². The average molecular weight is 415 g/mol. The molecular formula is C22H23FN2O3S. The molecule has 2 saturated heterocycles. The van der Waals surface area contributed by atoms with Crippen LogP contribution in [-0.2, 0) is 9.53 Å². The Balaban J connectivity index is 1.55. The number of esters is 1. The van der Waals surface area contributed by atoms with Gasteiger partial charge in [0.2, 0.25) is 5.91 Å². The predicted molar refractivity (Wildman–Crippen MR) is 112 cm³/mol. The highest BCUT2D eigenvalue weighted by molar-refractivity contribution is 8.00. The molecule has 0 radical (unpaired) electrons. The van der Waals surface area contributed by atoms with Gasteiger partial charge in [0, 0.05) is 5.69 Å². The van der Waals surface area contributed by atoms with Crippen LogP contribution in [0.4, 0.5) is 10.1 Å². The van der Waals surface area contributed by atoms with Gasteiger partial charge in [0.1, 0.15) is 17.3 Å². The molecule has 0 aromatic heterocycles. The summed E-state index contributed by atoms with van der Waals surface area (Å²) in [7, 11) is 0. The van der Waals surface area contributed by atoms with E-state index in [1.165, 1.54) is 23.9 Å². The lowest BCUT2D eigenvalue weighted by atomic mass is 10.1. The third-order valence-corrected chi connectivity index (χ3v) is 6.49. The molecule has 2 aromatic rings. The van der Waals surface area contributed by atoms with Gasteiger partial charge >= 0.3 is 5.97 Å². The van der Waals surface area contributed by atoms with Gasteiger partial charge in [0.15, 0.2) is 0 Å². The van der Waals surface area contributed by atoms with Gasteiger partial charge < -0.3 is 10.1 Å². The lowest BCUT2D eigenvalue weighted by Crippen LogP contribution is -2.33. The fourth-order valence-corrected chi connectivity index (χ4v) is 4.91. The van der Waals surface area contributed by atoms with Crippen LogP contribution in [0.1, 0.15) is 39.7 Å². The van der Waals surface area contributed by atoms with Crippen molar-refractivity contribution in [1.82, 2.24) is 5.32 Å². The van der Waals surface area contributed by atoms with Gasteiger partial charge in [-0.25, -0.2) is 9.18 Å². The predicted octanol–water partition coefficient (Wildman–Crippen LogP) is 3.82. The van der Waals surface area contributed by atoms with Crippen molar-refractivity contribution in [1.29, 1.82) is 0 Å². The number of carbonyl (C=O) groups is 2. The molecule has 2 aliphatic heterocycles. The van der Waals surface area contributed by atoms with Crippen molar-refractivity contribution in [3.8, 4) is 0 Å². The second-order valence-electron chi connectivity index (χ2n) is 7.33. The van der Waals surface area contributed by atoms with Gasteiger partial charge in [0.25, 0.3) is 0 Å². The molecule has 2 aromatic carbocycles. The third-order valence-electron chi connectivity index (χ3n) is 5.27. The Hall–Kier alpha value is -2.38. The van der Waals surface area contributed by atoms with Gasteiger partial charge in [-0.1, -0.05) is 12.1 Å². The van der Waals surface area contributed by atoms with E-state index in [1.807, 2.05) is 6.92 Å². The van der Waals surface area contributed by atoms with Gasteiger partial charge in [-0.15, -0.1) is 11.8 Å². The third kappa shape index (κ3) is 4.31. The monoisotopic (exact) mass is 414 g/mol. The molecule has 29 heavy (non-hydrogen) atoms. The molecule has 1 unspecified atom stereocenters. The maximum absolute atomic E-state index is 13.3. The number of hydrogen-bond donors (Lipinski definition) is 1. The number of amides is 1. The molecule has 5 nitrogen and oxygen atoms in total. The lowest BCUT2D eigenvalue weighted by molar-refractivity contribution is -0.115. The highest BCUT2D eigenvalue weighted by Gasteiger charge is 2.35. The van der Waals surface area contributed by atoms with Crippen molar-refractivity contribution >= 4 is 29.3 Å². The number of carbonyl (C=O) groups excluding carboxylic acids is 2. The summed E-state index contributed by atoms with van der Waals surface area (Å²) in [5, 5.41) is 3.04. The first-order valence-electron chi connectivity index (χ1n) is 9.74. The number of ether oxygens (including phenoxy) is 1. The minimum absolute atomic E-state index is 0.00235. The quantitative estimate of drug-likeness (QED) is 0.771. The van der Waals surface area contributed by atoms with Crippen molar-refractivity contribution in [3.05, 3.63) is 65.0 Å². The van der Waals surface area contributed by atoms with Crippen LogP contribution in [0.15, 0.2) is 42.5 Å². The standard InChI is InChI=1S/C22H23FN2O3S/c1-14-12-16(22(27)28-18-8-10-24-11-9-18)4-7-19(14)25-20(26)13-29-21(25)15-2-5-17(23)6-3-15/h2-7,12,18,21,24H,8-11,13H2,1H3. The summed E-state index contributed by atoms with van der Waals surface area (Å²) < 4.78 is 18.9. The summed E-state index contributed by atoms with van der Waals surface area (Å²) in [5.41, 5.74) is 2.94. The number of nitrogens with zero attached hydrogens (tertiary/aromatic N) is 1. The summed E-state index contributed by atoms with van der Waals surface area (Å²) in [6, 6.07) is 11.5. The van der Waals surface area contributed by atoms with E-state index in [4.69, 9.17) is 4.74 Å². The summed E-state index contributed by atoms with van der Waals surface area (Å²) in [6.45, 7) is 3.60. The summed E-state index contributed by atoms with van der Waals surface area (Å²) in [5.74, 6) is -0.273. The van der Waals surface area contributed by atoms with Crippen LogP contribution < -0.4 is 10.2 Å². The number of thioether (sulfide) groups is 1. The number of rotatable bonds is 4. The Morgan fingerprint density at radius 3 is 2.59 bits per heavy atom. The molecule has 0 spiro atoms. The Morgan fingerprint density at radius 1 is 1.17 bits per heavy atom. The highest BCUT2D eigenvalue weighted by Crippen LogP contribution is 2.42. The molecule has 0 saturated carbocycles.